The zero-order chi connectivity index (χ0) is 20.7. The molecule has 3 heterocycles. The van der Waals surface area contributed by atoms with Crippen LogP contribution in [0.25, 0.3) is 0 Å². The molecular weight excluding hydrogens is 404 g/mol. The molecule has 5 rings (SSSR count). The number of nitrogens with one attached hydrogen (secondary N) is 1. The van der Waals surface area contributed by atoms with E-state index in [1.165, 1.54) is 0 Å². The summed E-state index contributed by atoms with van der Waals surface area (Å²) in [6, 6.07) is 7.02. The second-order valence-corrected chi connectivity index (χ2v) is 8.89. The molecule has 0 bridgehead atoms. The third-order valence-electron chi connectivity index (χ3n) is 6.59. The number of carbonyl (C=O) groups excluding carboxylic acids is 2. The van der Waals surface area contributed by atoms with Crippen molar-refractivity contribution in [1.29, 1.82) is 0 Å². The minimum absolute atomic E-state index is 0.191. The van der Waals surface area contributed by atoms with Crippen LogP contribution in [0, 0.1) is 5.92 Å². The number of piperidine rings is 1. The third-order valence-corrected chi connectivity index (χ3v) is 6.85. The number of benzene rings is 1. The van der Waals surface area contributed by atoms with E-state index in [1.54, 1.807) is 30.5 Å². The van der Waals surface area contributed by atoms with Crippen molar-refractivity contribution in [3.8, 4) is 0 Å². The summed E-state index contributed by atoms with van der Waals surface area (Å²) in [5, 5.41) is 3.54. The first-order valence-corrected chi connectivity index (χ1v) is 11.0. The normalized spacial score (nSPS) is 23.0. The van der Waals surface area contributed by atoms with E-state index in [4.69, 9.17) is 16.3 Å². The molecule has 1 spiro atoms. The van der Waals surface area contributed by atoms with Gasteiger partial charge in [-0.25, -0.2) is 4.98 Å². The lowest BCUT2D eigenvalue weighted by Crippen LogP contribution is -2.54. The molecule has 1 aliphatic carbocycles. The summed E-state index contributed by atoms with van der Waals surface area (Å²) in [6.45, 7) is 1.68. The first-order chi connectivity index (χ1) is 14.5. The summed E-state index contributed by atoms with van der Waals surface area (Å²) in [6.07, 6.45) is 7.48. The zero-order valence-electron chi connectivity index (χ0n) is 16.7. The number of hydrogen-bond acceptors (Lipinski definition) is 4. The summed E-state index contributed by atoms with van der Waals surface area (Å²) < 4.78 is 8.44. The molecule has 1 aromatic heterocycles. The Morgan fingerprint density at radius 1 is 1.17 bits per heavy atom. The SMILES string of the molecule is O=C(Nc1ccc(Cl)cc1)[C@@H]1Cn2ccnc2C2(CCN(C(=O)C3CCC3)CC2)O1. The highest BCUT2D eigenvalue weighted by atomic mass is 35.5. The van der Waals surface area contributed by atoms with Gasteiger partial charge in [0.2, 0.25) is 5.91 Å². The number of ether oxygens (including phenoxy) is 1. The van der Waals surface area contributed by atoms with Crippen LogP contribution >= 0.6 is 11.6 Å². The molecule has 2 aromatic rings. The van der Waals surface area contributed by atoms with E-state index in [0.29, 0.717) is 43.2 Å². The number of amides is 2. The van der Waals surface area contributed by atoms with Crippen LogP contribution in [-0.2, 0) is 26.5 Å². The van der Waals surface area contributed by atoms with Gasteiger partial charge in [0, 0.05) is 55.0 Å². The van der Waals surface area contributed by atoms with Gasteiger partial charge < -0.3 is 19.5 Å². The average Bonchev–Trinajstić information content (AvgIpc) is 3.19. The first-order valence-electron chi connectivity index (χ1n) is 10.6. The van der Waals surface area contributed by atoms with Gasteiger partial charge in [-0.1, -0.05) is 18.0 Å². The number of rotatable bonds is 3. The fourth-order valence-electron chi connectivity index (χ4n) is 4.63. The molecule has 2 fully saturated rings. The highest BCUT2D eigenvalue weighted by Gasteiger charge is 2.48. The van der Waals surface area contributed by atoms with Crippen molar-refractivity contribution in [3.63, 3.8) is 0 Å². The standard InChI is InChI=1S/C22H25ClN4O3/c23-16-4-6-17(7-5-16)25-19(28)18-14-27-13-10-24-21(27)22(30-18)8-11-26(12-9-22)20(29)15-2-1-3-15/h4-7,10,13,15,18H,1-3,8-9,11-12,14H2,(H,25,28)/t18-/m0/s1. The molecule has 1 N–H and O–H groups in total. The van der Waals surface area contributed by atoms with E-state index in [9.17, 15) is 9.59 Å². The van der Waals surface area contributed by atoms with Crippen LogP contribution < -0.4 is 5.32 Å². The summed E-state index contributed by atoms with van der Waals surface area (Å²) in [5.41, 5.74) is 0.0412. The van der Waals surface area contributed by atoms with Gasteiger partial charge in [0.15, 0.2) is 6.10 Å². The van der Waals surface area contributed by atoms with Gasteiger partial charge in [0.25, 0.3) is 5.91 Å². The Hall–Kier alpha value is -2.38. The van der Waals surface area contributed by atoms with Crippen LogP contribution in [0.15, 0.2) is 36.7 Å². The molecule has 0 unspecified atom stereocenters. The van der Waals surface area contributed by atoms with Crippen LogP contribution in [0.4, 0.5) is 5.69 Å². The molecule has 1 saturated heterocycles. The predicted molar refractivity (Wildman–Crippen MR) is 112 cm³/mol. The van der Waals surface area contributed by atoms with Gasteiger partial charge in [-0.3, -0.25) is 9.59 Å². The minimum Gasteiger partial charge on any atom is -0.352 e. The van der Waals surface area contributed by atoms with E-state index in [0.717, 1.165) is 25.1 Å². The van der Waals surface area contributed by atoms with Crippen molar-refractivity contribution in [1.82, 2.24) is 14.5 Å². The lowest BCUT2D eigenvalue weighted by molar-refractivity contribution is -0.174. The number of imidazole rings is 1. The maximum Gasteiger partial charge on any atom is 0.255 e. The number of halogens is 1. The molecular formula is C22H25ClN4O3. The topological polar surface area (TPSA) is 76.5 Å². The number of anilines is 1. The highest BCUT2D eigenvalue weighted by Crippen LogP contribution is 2.41. The summed E-state index contributed by atoms with van der Waals surface area (Å²) in [4.78, 5) is 32.1. The van der Waals surface area contributed by atoms with E-state index in [-0.39, 0.29) is 17.7 Å². The summed E-state index contributed by atoms with van der Waals surface area (Å²) in [7, 11) is 0. The number of nitrogens with zero attached hydrogens (tertiary/aromatic N) is 3. The second kappa shape index (κ2) is 7.71. The van der Waals surface area contributed by atoms with E-state index >= 15 is 0 Å². The third kappa shape index (κ3) is 3.50. The molecule has 2 amide bonds. The maximum atomic E-state index is 13.0. The molecule has 0 radical (unpaired) electrons. The Morgan fingerprint density at radius 2 is 1.90 bits per heavy atom. The van der Waals surface area contributed by atoms with Crippen molar-refractivity contribution in [2.45, 2.75) is 50.4 Å². The van der Waals surface area contributed by atoms with Crippen molar-refractivity contribution in [2.24, 2.45) is 5.92 Å². The van der Waals surface area contributed by atoms with Gasteiger partial charge in [-0.15, -0.1) is 0 Å². The smallest absolute Gasteiger partial charge is 0.255 e. The molecule has 1 saturated carbocycles. The van der Waals surface area contributed by atoms with Crippen LogP contribution in [0.5, 0.6) is 0 Å². The molecule has 158 valence electrons. The van der Waals surface area contributed by atoms with Gasteiger partial charge in [0.05, 0.1) is 6.54 Å². The summed E-state index contributed by atoms with van der Waals surface area (Å²) >= 11 is 5.93. The predicted octanol–water partition coefficient (Wildman–Crippen LogP) is 3.19. The molecule has 7 nitrogen and oxygen atoms in total. The van der Waals surface area contributed by atoms with Crippen LogP contribution in [0.2, 0.25) is 5.02 Å². The van der Waals surface area contributed by atoms with E-state index in [1.807, 2.05) is 15.7 Å². The Labute approximate surface area is 180 Å². The largest absolute Gasteiger partial charge is 0.352 e. The van der Waals surface area contributed by atoms with Crippen LogP contribution in [0.1, 0.15) is 37.9 Å². The molecule has 1 atom stereocenters. The first kappa shape index (κ1) is 19.6. The Kier molecular flexibility index (Phi) is 5.03. The van der Waals surface area contributed by atoms with Crippen molar-refractivity contribution < 1.29 is 14.3 Å². The van der Waals surface area contributed by atoms with Crippen molar-refractivity contribution >= 4 is 29.1 Å². The minimum atomic E-state index is -0.639. The van der Waals surface area contributed by atoms with Gasteiger partial charge in [-0.05, 0) is 37.1 Å². The van der Waals surface area contributed by atoms with Gasteiger partial charge in [0.1, 0.15) is 11.4 Å². The highest BCUT2D eigenvalue weighted by molar-refractivity contribution is 6.30. The monoisotopic (exact) mass is 428 g/mol. The number of likely N-dealkylation sites (tertiary alicyclic amines) is 1. The van der Waals surface area contributed by atoms with E-state index in [2.05, 4.69) is 10.3 Å². The quantitative estimate of drug-likeness (QED) is 0.814. The van der Waals surface area contributed by atoms with Gasteiger partial charge in [-0.2, -0.15) is 0 Å². The lowest BCUT2D eigenvalue weighted by atomic mass is 9.82. The molecule has 1 aromatic carbocycles. The Balaban J connectivity index is 1.31. The average molecular weight is 429 g/mol. The molecule has 8 heteroatoms. The fraction of sp³-hybridized carbons (Fsp3) is 0.500. The van der Waals surface area contributed by atoms with Crippen molar-refractivity contribution in [2.75, 3.05) is 18.4 Å². The lowest BCUT2D eigenvalue weighted by Gasteiger charge is -2.46. The summed E-state index contributed by atoms with van der Waals surface area (Å²) in [5.74, 6) is 1.14. The zero-order valence-corrected chi connectivity index (χ0v) is 17.5. The maximum absolute atomic E-state index is 13.0. The Morgan fingerprint density at radius 3 is 2.57 bits per heavy atom. The molecule has 30 heavy (non-hydrogen) atoms. The van der Waals surface area contributed by atoms with Gasteiger partial charge >= 0.3 is 0 Å². The molecule has 3 aliphatic rings. The number of fused-ring (bicyclic) bond motifs is 2. The Bertz CT molecular complexity index is 946. The fourth-order valence-corrected chi connectivity index (χ4v) is 4.76. The number of hydrogen-bond donors (Lipinski definition) is 1. The van der Waals surface area contributed by atoms with Crippen molar-refractivity contribution in [3.05, 3.63) is 47.5 Å². The van der Waals surface area contributed by atoms with Crippen LogP contribution in [0.3, 0.4) is 0 Å². The molecule has 2 aliphatic heterocycles. The number of aromatic nitrogens is 2. The number of carbonyl (C=O) groups is 2. The van der Waals surface area contributed by atoms with Crippen LogP contribution in [-0.4, -0.2) is 45.5 Å². The second-order valence-electron chi connectivity index (χ2n) is 8.45. The van der Waals surface area contributed by atoms with E-state index < -0.39 is 11.7 Å².